The Bertz CT molecular complexity index is 1300. The number of carbonyl (C=O) groups is 1. The molecule has 0 aliphatic heterocycles. The van der Waals surface area contributed by atoms with Crippen molar-refractivity contribution in [1.29, 1.82) is 0 Å². The van der Waals surface area contributed by atoms with E-state index in [-0.39, 0.29) is 5.91 Å². The third-order valence-corrected chi connectivity index (χ3v) is 5.29. The molecule has 32 heavy (non-hydrogen) atoms. The summed E-state index contributed by atoms with van der Waals surface area (Å²) in [5, 5.41) is 12.4. The number of amides is 1. The minimum absolute atomic E-state index is 0.313. The van der Waals surface area contributed by atoms with Crippen LogP contribution in [0.2, 0.25) is 5.02 Å². The van der Waals surface area contributed by atoms with Crippen LogP contribution >= 0.6 is 11.6 Å². The van der Waals surface area contributed by atoms with E-state index in [1.165, 1.54) is 19.0 Å². The minimum Gasteiger partial charge on any atom is -0.496 e. The van der Waals surface area contributed by atoms with Crippen molar-refractivity contribution in [2.24, 2.45) is 0 Å². The van der Waals surface area contributed by atoms with Crippen LogP contribution in [0.15, 0.2) is 48.5 Å². The van der Waals surface area contributed by atoms with Crippen LogP contribution in [0.3, 0.4) is 0 Å². The number of hydrogen-bond acceptors (Lipinski definition) is 6. The van der Waals surface area contributed by atoms with Crippen LogP contribution in [0.5, 0.6) is 17.2 Å². The molecular weight excluding hydrogens is 432 g/mol. The molecule has 4 rings (SSSR count). The summed E-state index contributed by atoms with van der Waals surface area (Å²) in [6, 6.07) is 14.1. The van der Waals surface area contributed by atoms with Gasteiger partial charge < -0.3 is 19.5 Å². The molecule has 0 unspecified atom stereocenters. The lowest BCUT2D eigenvalue weighted by Crippen LogP contribution is -2.15. The number of anilines is 1. The molecule has 1 aromatic heterocycles. The number of rotatable bonds is 6. The maximum atomic E-state index is 13.0. The smallest absolute Gasteiger partial charge is 0.263 e. The van der Waals surface area contributed by atoms with Crippen LogP contribution in [0.4, 0.5) is 5.69 Å². The first-order valence-corrected chi connectivity index (χ1v) is 10.1. The quantitative estimate of drug-likeness (QED) is 0.457. The molecule has 9 heteroatoms. The Labute approximate surface area is 189 Å². The Kier molecular flexibility index (Phi) is 5.87. The molecule has 0 aliphatic carbocycles. The van der Waals surface area contributed by atoms with Gasteiger partial charge in [-0.2, -0.15) is 4.80 Å². The number of benzene rings is 3. The first-order chi connectivity index (χ1) is 15.4. The van der Waals surface area contributed by atoms with Crippen molar-refractivity contribution < 1.29 is 19.0 Å². The van der Waals surface area contributed by atoms with Crippen LogP contribution in [0.25, 0.3) is 16.7 Å². The molecule has 1 heterocycles. The molecule has 1 N–H and O–H groups in total. The molecule has 0 atom stereocenters. The minimum atomic E-state index is -0.351. The fourth-order valence-corrected chi connectivity index (χ4v) is 3.61. The number of hydrogen-bond donors (Lipinski definition) is 1. The molecule has 0 saturated heterocycles. The highest BCUT2D eigenvalue weighted by Gasteiger charge is 2.19. The first kappa shape index (κ1) is 21.5. The number of halogens is 1. The van der Waals surface area contributed by atoms with E-state index in [2.05, 4.69) is 15.5 Å². The molecule has 164 valence electrons. The molecule has 4 aromatic rings. The number of aromatic nitrogens is 3. The van der Waals surface area contributed by atoms with E-state index in [4.69, 9.17) is 25.8 Å². The van der Waals surface area contributed by atoms with Gasteiger partial charge in [-0.3, -0.25) is 4.79 Å². The van der Waals surface area contributed by atoms with Crippen LogP contribution in [0, 0.1) is 6.92 Å². The molecular formula is C23H21ClN4O4. The van der Waals surface area contributed by atoms with Crippen molar-refractivity contribution >= 4 is 34.2 Å². The van der Waals surface area contributed by atoms with Gasteiger partial charge in [-0.25, -0.2) is 0 Å². The Hall–Kier alpha value is -3.78. The van der Waals surface area contributed by atoms with E-state index in [1.54, 1.807) is 43.5 Å². The van der Waals surface area contributed by atoms with Crippen LogP contribution < -0.4 is 19.5 Å². The Morgan fingerprint density at radius 3 is 2.12 bits per heavy atom. The zero-order chi connectivity index (χ0) is 22.8. The maximum Gasteiger partial charge on any atom is 0.263 e. The van der Waals surface area contributed by atoms with E-state index >= 15 is 0 Å². The van der Waals surface area contributed by atoms with Gasteiger partial charge in [-0.05, 0) is 55.0 Å². The van der Waals surface area contributed by atoms with Gasteiger partial charge in [0.1, 0.15) is 33.8 Å². The van der Waals surface area contributed by atoms with Gasteiger partial charge >= 0.3 is 0 Å². The molecule has 1 amide bonds. The van der Waals surface area contributed by atoms with E-state index in [1.807, 2.05) is 19.1 Å². The summed E-state index contributed by atoms with van der Waals surface area (Å²) in [5.41, 5.74) is 3.74. The third-order valence-electron chi connectivity index (χ3n) is 5.00. The highest BCUT2D eigenvalue weighted by Crippen LogP contribution is 2.31. The molecule has 0 fully saturated rings. The Morgan fingerprint density at radius 2 is 1.53 bits per heavy atom. The monoisotopic (exact) mass is 452 g/mol. The average Bonchev–Trinajstić information content (AvgIpc) is 3.21. The van der Waals surface area contributed by atoms with Crippen molar-refractivity contribution in [3.05, 3.63) is 64.7 Å². The molecule has 0 spiro atoms. The fourth-order valence-electron chi connectivity index (χ4n) is 3.36. The molecule has 0 bridgehead atoms. The summed E-state index contributed by atoms with van der Waals surface area (Å²) >= 11 is 6.23. The van der Waals surface area contributed by atoms with Crippen LogP contribution in [-0.4, -0.2) is 42.2 Å². The predicted octanol–water partition coefficient (Wildman–Crippen LogP) is 4.66. The van der Waals surface area contributed by atoms with Crippen molar-refractivity contribution in [3.63, 3.8) is 0 Å². The molecule has 3 aromatic carbocycles. The highest BCUT2D eigenvalue weighted by atomic mass is 35.5. The van der Waals surface area contributed by atoms with E-state index in [0.29, 0.717) is 50.2 Å². The Morgan fingerprint density at radius 1 is 0.906 bits per heavy atom. The van der Waals surface area contributed by atoms with Crippen LogP contribution in [0.1, 0.15) is 15.9 Å². The lowest BCUT2D eigenvalue weighted by atomic mass is 10.1. The zero-order valence-corrected chi connectivity index (χ0v) is 18.7. The number of aryl methyl sites for hydroxylation is 1. The lowest BCUT2D eigenvalue weighted by Gasteiger charge is -2.14. The summed E-state index contributed by atoms with van der Waals surface area (Å²) < 4.78 is 15.9. The van der Waals surface area contributed by atoms with E-state index in [9.17, 15) is 4.79 Å². The number of fused-ring (bicyclic) bond motifs is 1. The molecule has 0 aliphatic rings. The van der Waals surface area contributed by atoms with Crippen molar-refractivity contribution in [2.75, 3.05) is 26.6 Å². The number of carbonyl (C=O) groups excluding carboxylic acids is 1. The van der Waals surface area contributed by atoms with Crippen molar-refractivity contribution in [1.82, 2.24) is 15.0 Å². The average molecular weight is 453 g/mol. The number of nitrogens with zero attached hydrogens (tertiary/aromatic N) is 3. The summed E-state index contributed by atoms with van der Waals surface area (Å²) in [6.07, 6.45) is 0. The van der Waals surface area contributed by atoms with Crippen LogP contribution in [-0.2, 0) is 0 Å². The van der Waals surface area contributed by atoms with Crippen molar-refractivity contribution in [2.45, 2.75) is 6.92 Å². The molecule has 0 radical (unpaired) electrons. The molecule has 0 saturated carbocycles. The second kappa shape index (κ2) is 8.76. The van der Waals surface area contributed by atoms with Gasteiger partial charge in [-0.1, -0.05) is 17.7 Å². The zero-order valence-electron chi connectivity index (χ0n) is 18.0. The SMILES string of the molecule is COc1ccc(-n2nc3cc(C)c(NC(=O)c4c(OC)cccc4OC)cc3n2)cc1Cl. The van der Waals surface area contributed by atoms with E-state index < -0.39 is 0 Å². The first-order valence-electron chi connectivity index (χ1n) is 9.69. The second-order valence-corrected chi connectivity index (χ2v) is 7.36. The van der Waals surface area contributed by atoms with Gasteiger partial charge in [0.05, 0.1) is 32.0 Å². The number of methoxy groups -OCH3 is 3. The summed E-state index contributed by atoms with van der Waals surface area (Å²) in [6.45, 7) is 1.89. The van der Waals surface area contributed by atoms with Gasteiger partial charge in [-0.15, -0.1) is 10.2 Å². The summed E-state index contributed by atoms with van der Waals surface area (Å²) in [4.78, 5) is 14.5. The topological polar surface area (TPSA) is 87.5 Å². The standard InChI is InChI=1S/C23H21ClN4O4/c1-13-10-17-18(27-28(26-17)14-8-9-19(30-2)15(24)11-14)12-16(13)25-23(29)22-20(31-3)6-5-7-21(22)32-4/h5-12H,1-4H3,(H,25,29). The third kappa shape index (κ3) is 3.92. The second-order valence-electron chi connectivity index (χ2n) is 6.96. The summed E-state index contributed by atoms with van der Waals surface area (Å²) in [5.74, 6) is 1.06. The molecule has 8 nitrogen and oxygen atoms in total. The summed E-state index contributed by atoms with van der Waals surface area (Å²) in [7, 11) is 4.57. The maximum absolute atomic E-state index is 13.0. The fraction of sp³-hybridized carbons (Fsp3) is 0.174. The van der Waals surface area contributed by atoms with Gasteiger partial charge in [0, 0.05) is 5.69 Å². The lowest BCUT2D eigenvalue weighted by molar-refractivity contribution is 0.102. The van der Waals surface area contributed by atoms with Gasteiger partial charge in [0.2, 0.25) is 0 Å². The van der Waals surface area contributed by atoms with Gasteiger partial charge in [0.25, 0.3) is 5.91 Å². The van der Waals surface area contributed by atoms with Crippen molar-refractivity contribution in [3.8, 4) is 22.9 Å². The predicted molar refractivity (Wildman–Crippen MR) is 123 cm³/mol. The number of nitrogens with one attached hydrogen (secondary N) is 1. The largest absolute Gasteiger partial charge is 0.496 e. The number of ether oxygens (including phenoxy) is 3. The highest BCUT2D eigenvalue weighted by molar-refractivity contribution is 6.32. The van der Waals surface area contributed by atoms with Gasteiger partial charge in [0.15, 0.2) is 0 Å². The Balaban J connectivity index is 1.69. The van der Waals surface area contributed by atoms with E-state index in [0.717, 1.165) is 5.56 Å². The normalized spacial score (nSPS) is 10.8.